The van der Waals surface area contributed by atoms with E-state index in [1.54, 1.807) is 0 Å². The molecule has 0 bridgehead atoms. The minimum atomic E-state index is -1.03. The summed E-state index contributed by atoms with van der Waals surface area (Å²) in [6.45, 7) is 5.03. The van der Waals surface area contributed by atoms with Crippen LogP contribution in [0.2, 0.25) is 0 Å². The smallest absolute Gasteiger partial charge is 0.404 e. The highest BCUT2D eigenvalue weighted by atomic mass is 16.5. The summed E-state index contributed by atoms with van der Waals surface area (Å²) in [5, 5.41) is 10.9. The Labute approximate surface area is 95.2 Å². The van der Waals surface area contributed by atoms with Gasteiger partial charge in [0.05, 0.1) is 6.61 Å². The van der Waals surface area contributed by atoms with Crippen molar-refractivity contribution in [3.63, 3.8) is 0 Å². The predicted octanol–water partition coefficient (Wildman–Crippen LogP) is 2.49. The molecule has 1 aromatic rings. The molecule has 4 heteroatoms. The lowest BCUT2D eigenvalue weighted by Crippen LogP contribution is -2.20. The number of carbonyl (C=O) groups is 1. The van der Waals surface area contributed by atoms with Crippen LogP contribution in [-0.4, -0.2) is 17.8 Å². The van der Waals surface area contributed by atoms with Gasteiger partial charge in [-0.05, 0) is 12.0 Å². The molecular formula is C12H17NO3. The van der Waals surface area contributed by atoms with Crippen LogP contribution in [-0.2, 0) is 6.54 Å². The molecule has 0 unspecified atom stereocenters. The molecule has 0 spiro atoms. The third-order valence-electron chi connectivity index (χ3n) is 1.97. The Bertz CT molecular complexity index is 350. The molecule has 0 aromatic heterocycles. The van der Waals surface area contributed by atoms with Gasteiger partial charge < -0.3 is 15.2 Å². The van der Waals surface area contributed by atoms with E-state index >= 15 is 0 Å². The number of carboxylic acid groups (broad SMARTS) is 1. The number of nitrogens with one attached hydrogen (secondary N) is 1. The molecule has 0 aliphatic heterocycles. The van der Waals surface area contributed by atoms with E-state index in [1.807, 2.05) is 24.3 Å². The van der Waals surface area contributed by atoms with Crippen LogP contribution in [0.4, 0.5) is 4.79 Å². The van der Waals surface area contributed by atoms with E-state index in [4.69, 9.17) is 9.84 Å². The Morgan fingerprint density at radius 3 is 2.75 bits per heavy atom. The molecule has 0 aliphatic rings. The van der Waals surface area contributed by atoms with Crippen molar-refractivity contribution < 1.29 is 14.6 Å². The van der Waals surface area contributed by atoms with E-state index in [2.05, 4.69) is 19.2 Å². The van der Waals surface area contributed by atoms with Crippen LogP contribution in [0, 0.1) is 5.92 Å². The van der Waals surface area contributed by atoms with Crippen molar-refractivity contribution in [2.75, 3.05) is 6.61 Å². The summed E-state index contributed by atoms with van der Waals surface area (Å²) in [6, 6.07) is 7.44. The van der Waals surface area contributed by atoms with Crippen molar-refractivity contribution in [1.82, 2.24) is 5.32 Å². The van der Waals surface area contributed by atoms with Crippen LogP contribution >= 0.6 is 0 Å². The fourth-order valence-corrected chi connectivity index (χ4v) is 1.22. The Morgan fingerprint density at radius 2 is 2.12 bits per heavy atom. The van der Waals surface area contributed by atoms with Crippen LogP contribution < -0.4 is 10.1 Å². The Kier molecular flexibility index (Phi) is 4.64. The standard InChI is InChI=1S/C12H17NO3/c1-9(2)8-16-11-6-4-3-5-10(11)7-13-12(14)15/h3-6,9,13H,7-8H2,1-2H3,(H,14,15). The van der Waals surface area contributed by atoms with E-state index in [-0.39, 0.29) is 6.54 Å². The first kappa shape index (κ1) is 12.4. The van der Waals surface area contributed by atoms with E-state index in [9.17, 15) is 4.79 Å². The van der Waals surface area contributed by atoms with Gasteiger partial charge in [-0.25, -0.2) is 4.79 Å². The van der Waals surface area contributed by atoms with Gasteiger partial charge in [-0.15, -0.1) is 0 Å². The molecule has 16 heavy (non-hydrogen) atoms. The Morgan fingerprint density at radius 1 is 1.44 bits per heavy atom. The third-order valence-corrected chi connectivity index (χ3v) is 1.97. The lowest BCUT2D eigenvalue weighted by molar-refractivity contribution is 0.193. The largest absolute Gasteiger partial charge is 0.493 e. The van der Waals surface area contributed by atoms with Crippen molar-refractivity contribution in [1.29, 1.82) is 0 Å². The van der Waals surface area contributed by atoms with Crippen molar-refractivity contribution in [2.45, 2.75) is 20.4 Å². The molecule has 4 nitrogen and oxygen atoms in total. The molecule has 88 valence electrons. The van der Waals surface area contributed by atoms with Crippen molar-refractivity contribution in [3.05, 3.63) is 29.8 Å². The van der Waals surface area contributed by atoms with Crippen LogP contribution in [0.1, 0.15) is 19.4 Å². The number of hydrogen-bond acceptors (Lipinski definition) is 2. The number of benzene rings is 1. The van der Waals surface area contributed by atoms with Crippen molar-refractivity contribution >= 4 is 6.09 Å². The van der Waals surface area contributed by atoms with Gasteiger partial charge in [0, 0.05) is 12.1 Å². The summed E-state index contributed by atoms with van der Waals surface area (Å²) in [6.07, 6.45) is -1.03. The number of hydrogen-bond donors (Lipinski definition) is 2. The molecule has 0 aliphatic carbocycles. The summed E-state index contributed by atoms with van der Waals surface area (Å²) in [5.74, 6) is 1.19. The van der Waals surface area contributed by atoms with Gasteiger partial charge in [0.25, 0.3) is 0 Å². The second-order valence-electron chi connectivity index (χ2n) is 3.97. The fourth-order valence-electron chi connectivity index (χ4n) is 1.22. The zero-order valence-electron chi connectivity index (χ0n) is 9.56. The topological polar surface area (TPSA) is 58.6 Å². The van der Waals surface area contributed by atoms with E-state index in [0.29, 0.717) is 12.5 Å². The number of ether oxygens (including phenoxy) is 1. The van der Waals surface area contributed by atoms with Gasteiger partial charge in [0.15, 0.2) is 0 Å². The first-order chi connectivity index (χ1) is 7.59. The molecule has 1 amide bonds. The average molecular weight is 223 g/mol. The normalized spacial score (nSPS) is 10.2. The van der Waals surface area contributed by atoms with Crippen LogP contribution in [0.25, 0.3) is 0 Å². The monoisotopic (exact) mass is 223 g/mol. The van der Waals surface area contributed by atoms with Crippen LogP contribution in [0.15, 0.2) is 24.3 Å². The lowest BCUT2D eigenvalue weighted by atomic mass is 10.2. The average Bonchev–Trinajstić information content (AvgIpc) is 2.24. The molecule has 0 fully saturated rings. The molecule has 0 atom stereocenters. The quantitative estimate of drug-likeness (QED) is 0.806. The number of para-hydroxylation sites is 1. The zero-order valence-corrected chi connectivity index (χ0v) is 9.56. The SMILES string of the molecule is CC(C)COc1ccccc1CNC(=O)O. The maximum Gasteiger partial charge on any atom is 0.404 e. The Balaban J connectivity index is 2.63. The summed E-state index contributed by atoms with van der Waals surface area (Å²) in [5.41, 5.74) is 0.852. The molecule has 0 saturated carbocycles. The second-order valence-corrected chi connectivity index (χ2v) is 3.97. The summed E-state index contributed by atoms with van der Waals surface area (Å²) >= 11 is 0. The molecule has 2 N–H and O–H groups in total. The highest BCUT2D eigenvalue weighted by Gasteiger charge is 2.05. The van der Waals surface area contributed by atoms with Gasteiger partial charge in [-0.1, -0.05) is 32.0 Å². The minimum Gasteiger partial charge on any atom is -0.493 e. The fraction of sp³-hybridized carbons (Fsp3) is 0.417. The molecular weight excluding hydrogens is 206 g/mol. The molecule has 1 rings (SSSR count). The number of rotatable bonds is 5. The van der Waals surface area contributed by atoms with Crippen molar-refractivity contribution in [3.8, 4) is 5.75 Å². The van der Waals surface area contributed by atoms with Gasteiger partial charge >= 0.3 is 6.09 Å². The van der Waals surface area contributed by atoms with E-state index < -0.39 is 6.09 Å². The minimum absolute atomic E-state index is 0.267. The highest BCUT2D eigenvalue weighted by molar-refractivity contribution is 5.64. The molecule has 1 aromatic carbocycles. The molecule has 0 saturated heterocycles. The van der Waals surface area contributed by atoms with E-state index in [1.165, 1.54) is 0 Å². The zero-order chi connectivity index (χ0) is 12.0. The first-order valence-electron chi connectivity index (χ1n) is 5.27. The Hall–Kier alpha value is -1.71. The van der Waals surface area contributed by atoms with E-state index in [0.717, 1.165) is 11.3 Å². The van der Waals surface area contributed by atoms with Crippen molar-refractivity contribution in [2.24, 2.45) is 5.92 Å². The predicted molar refractivity (Wildman–Crippen MR) is 61.6 cm³/mol. The lowest BCUT2D eigenvalue weighted by Gasteiger charge is -2.12. The maximum atomic E-state index is 10.4. The van der Waals surface area contributed by atoms with Gasteiger partial charge in [-0.3, -0.25) is 0 Å². The third kappa shape index (κ3) is 4.21. The first-order valence-corrected chi connectivity index (χ1v) is 5.27. The summed E-state index contributed by atoms with van der Waals surface area (Å²) in [4.78, 5) is 10.4. The molecule has 0 heterocycles. The van der Waals surface area contributed by atoms with Gasteiger partial charge in [-0.2, -0.15) is 0 Å². The van der Waals surface area contributed by atoms with Crippen LogP contribution in [0.3, 0.4) is 0 Å². The summed E-state index contributed by atoms with van der Waals surface area (Å²) < 4.78 is 5.60. The summed E-state index contributed by atoms with van der Waals surface area (Å²) in [7, 11) is 0. The maximum absolute atomic E-state index is 10.4. The highest BCUT2D eigenvalue weighted by Crippen LogP contribution is 2.18. The van der Waals surface area contributed by atoms with Gasteiger partial charge in [0.1, 0.15) is 5.75 Å². The number of amides is 1. The van der Waals surface area contributed by atoms with Crippen LogP contribution in [0.5, 0.6) is 5.75 Å². The second kappa shape index (κ2) is 6.00. The van der Waals surface area contributed by atoms with Gasteiger partial charge in [0.2, 0.25) is 0 Å². The molecule has 0 radical (unpaired) electrons.